The maximum Gasteiger partial charge on any atom is 0.261 e. The lowest BCUT2D eigenvalue weighted by molar-refractivity contribution is -0.127. The molecule has 144 valence electrons. The van der Waals surface area contributed by atoms with Crippen molar-refractivity contribution in [3.63, 3.8) is 0 Å². The zero-order valence-electron chi connectivity index (χ0n) is 16.3. The molecular weight excluding hydrogens is 342 g/mol. The van der Waals surface area contributed by atoms with E-state index in [2.05, 4.69) is 19.2 Å². The Hall–Kier alpha value is -2.69. The second-order valence-corrected chi connectivity index (χ2v) is 7.09. The van der Waals surface area contributed by atoms with E-state index in [0.717, 1.165) is 28.4 Å². The first-order valence-electron chi connectivity index (χ1n) is 9.41. The van der Waals surface area contributed by atoms with Crippen molar-refractivity contribution < 1.29 is 19.0 Å². The fourth-order valence-electron chi connectivity index (χ4n) is 3.05. The molecule has 2 unspecified atom stereocenters. The highest BCUT2D eigenvalue weighted by Crippen LogP contribution is 2.32. The summed E-state index contributed by atoms with van der Waals surface area (Å²) in [7, 11) is 0. The number of benzene rings is 2. The molecule has 2 atom stereocenters. The van der Waals surface area contributed by atoms with E-state index in [1.54, 1.807) is 6.92 Å². The van der Waals surface area contributed by atoms with E-state index in [9.17, 15) is 4.79 Å². The molecule has 0 saturated heterocycles. The zero-order chi connectivity index (χ0) is 19.4. The number of ether oxygens (including phenoxy) is 3. The van der Waals surface area contributed by atoms with Gasteiger partial charge in [-0.2, -0.15) is 0 Å². The Morgan fingerprint density at radius 1 is 1.00 bits per heavy atom. The van der Waals surface area contributed by atoms with Crippen LogP contribution in [0.15, 0.2) is 42.5 Å². The van der Waals surface area contributed by atoms with Gasteiger partial charge in [-0.1, -0.05) is 38.1 Å². The van der Waals surface area contributed by atoms with Crippen LogP contribution >= 0.6 is 0 Å². The molecule has 2 aromatic rings. The summed E-state index contributed by atoms with van der Waals surface area (Å²) in [6, 6.07) is 13.4. The van der Waals surface area contributed by atoms with Gasteiger partial charge in [0.2, 0.25) is 0 Å². The van der Waals surface area contributed by atoms with E-state index in [1.807, 2.05) is 49.4 Å². The second-order valence-electron chi connectivity index (χ2n) is 7.09. The van der Waals surface area contributed by atoms with E-state index < -0.39 is 6.10 Å². The third-order valence-electron chi connectivity index (χ3n) is 4.64. The van der Waals surface area contributed by atoms with Crippen LogP contribution in [0.25, 0.3) is 0 Å². The highest BCUT2D eigenvalue weighted by Gasteiger charge is 2.21. The number of carbonyl (C=O) groups excluding carboxylic acids is 1. The van der Waals surface area contributed by atoms with E-state index >= 15 is 0 Å². The summed E-state index contributed by atoms with van der Waals surface area (Å²) >= 11 is 0. The van der Waals surface area contributed by atoms with Crippen molar-refractivity contribution in [2.24, 2.45) is 0 Å². The van der Waals surface area contributed by atoms with Crippen LogP contribution in [0.5, 0.6) is 17.2 Å². The number of amides is 1. The average molecular weight is 369 g/mol. The molecule has 1 heterocycles. The summed E-state index contributed by atoms with van der Waals surface area (Å²) in [5, 5.41) is 3.01. The normalized spacial score (nSPS) is 15.1. The summed E-state index contributed by atoms with van der Waals surface area (Å²) in [5.41, 5.74) is 2.06. The molecule has 1 amide bonds. The van der Waals surface area contributed by atoms with Gasteiger partial charge in [-0.25, -0.2) is 0 Å². The Kier molecular flexibility index (Phi) is 5.89. The quantitative estimate of drug-likeness (QED) is 0.828. The molecule has 2 aromatic carbocycles. The minimum absolute atomic E-state index is 0.157. The van der Waals surface area contributed by atoms with Gasteiger partial charge in [0.15, 0.2) is 17.6 Å². The van der Waals surface area contributed by atoms with Gasteiger partial charge in [-0.05, 0) is 49.1 Å². The number of nitrogens with one attached hydrogen (secondary N) is 1. The molecule has 27 heavy (non-hydrogen) atoms. The van der Waals surface area contributed by atoms with Crippen LogP contribution in [0, 0.1) is 0 Å². The molecular formula is C22H27NO4. The predicted molar refractivity (Wildman–Crippen MR) is 105 cm³/mol. The monoisotopic (exact) mass is 369 g/mol. The highest BCUT2D eigenvalue weighted by atomic mass is 16.6. The molecule has 0 aromatic heterocycles. The molecule has 1 aliphatic rings. The van der Waals surface area contributed by atoms with Crippen LogP contribution in [0.3, 0.4) is 0 Å². The van der Waals surface area contributed by atoms with Crippen LogP contribution in [0.4, 0.5) is 0 Å². The molecule has 5 heteroatoms. The Labute approximate surface area is 160 Å². The van der Waals surface area contributed by atoms with Crippen molar-refractivity contribution in [1.82, 2.24) is 5.32 Å². The SMILES string of the molecule is CC(Oc1ccccc1C(C)C)C(=O)NC(C)c1ccc2c(c1)OCCO2. The number of hydrogen-bond acceptors (Lipinski definition) is 4. The molecule has 0 bridgehead atoms. The third-order valence-corrected chi connectivity index (χ3v) is 4.64. The van der Waals surface area contributed by atoms with Crippen LogP contribution in [-0.4, -0.2) is 25.2 Å². The summed E-state index contributed by atoms with van der Waals surface area (Å²) in [5.74, 6) is 2.38. The van der Waals surface area contributed by atoms with Crippen molar-refractivity contribution >= 4 is 5.91 Å². The van der Waals surface area contributed by atoms with Gasteiger partial charge in [0, 0.05) is 0 Å². The number of para-hydroxylation sites is 1. The van der Waals surface area contributed by atoms with Crippen molar-refractivity contribution in [2.45, 2.75) is 45.8 Å². The lowest BCUT2D eigenvalue weighted by Crippen LogP contribution is -2.38. The number of fused-ring (bicyclic) bond motifs is 1. The van der Waals surface area contributed by atoms with E-state index in [0.29, 0.717) is 19.1 Å². The fourth-order valence-corrected chi connectivity index (χ4v) is 3.05. The van der Waals surface area contributed by atoms with Gasteiger partial charge in [0.25, 0.3) is 5.91 Å². The lowest BCUT2D eigenvalue weighted by Gasteiger charge is -2.23. The Bertz CT molecular complexity index is 803. The van der Waals surface area contributed by atoms with Crippen LogP contribution in [-0.2, 0) is 4.79 Å². The highest BCUT2D eigenvalue weighted by molar-refractivity contribution is 5.81. The van der Waals surface area contributed by atoms with Gasteiger partial charge in [-0.3, -0.25) is 4.79 Å². The van der Waals surface area contributed by atoms with Crippen LogP contribution in [0.1, 0.15) is 50.8 Å². The zero-order valence-corrected chi connectivity index (χ0v) is 16.3. The van der Waals surface area contributed by atoms with Gasteiger partial charge in [0.05, 0.1) is 6.04 Å². The van der Waals surface area contributed by atoms with E-state index in [-0.39, 0.29) is 11.9 Å². The molecule has 0 aliphatic carbocycles. The maximum atomic E-state index is 12.6. The summed E-state index contributed by atoms with van der Waals surface area (Å²) in [6.45, 7) is 9.03. The van der Waals surface area contributed by atoms with Crippen LogP contribution in [0.2, 0.25) is 0 Å². The molecule has 1 aliphatic heterocycles. The van der Waals surface area contributed by atoms with Gasteiger partial charge in [-0.15, -0.1) is 0 Å². The number of carbonyl (C=O) groups is 1. The minimum Gasteiger partial charge on any atom is -0.486 e. The maximum absolute atomic E-state index is 12.6. The van der Waals surface area contributed by atoms with Crippen molar-refractivity contribution in [3.05, 3.63) is 53.6 Å². The Morgan fingerprint density at radius 3 is 2.44 bits per heavy atom. The summed E-state index contributed by atoms with van der Waals surface area (Å²) in [4.78, 5) is 12.6. The second kappa shape index (κ2) is 8.33. The van der Waals surface area contributed by atoms with Crippen LogP contribution < -0.4 is 19.5 Å². The first-order chi connectivity index (χ1) is 13.0. The van der Waals surface area contributed by atoms with E-state index in [4.69, 9.17) is 14.2 Å². The smallest absolute Gasteiger partial charge is 0.261 e. The third kappa shape index (κ3) is 4.54. The molecule has 1 N–H and O–H groups in total. The standard InChI is InChI=1S/C22H27NO4/c1-14(2)18-7-5-6-8-19(18)27-16(4)22(24)23-15(3)17-9-10-20-21(13-17)26-12-11-25-20/h5-10,13-16H,11-12H2,1-4H3,(H,23,24). The Balaban J connectivity index is 1.64. The van der Waals surface area contributed by atoms with Gasteiger partial charge in [0.1, 0.15) is 19.0 Å². The van der Waals surface area contributed by atoms with Crippen molar-refractivity contribution in [3.8, 4) is 17.2 Å². The largest absolute Gasteiger partial charge is 0.486 e. The minimum atomic E-state index is -0.593. The molecule has 0 saturated carbocycles. The summed E-state index contributed by atoms with van der Waals surface area (Å²) < 4.78 is 17.1. The average Bonchev–Trinajstić information content (AvgIpc) is 2.67. The van der Waals surface area contributed by atoms with Crippen molar-refractivity contribution in [1.29, 1.82) is 0 Å². The summed E-state index contributed by atoms with van der Waals surface area (Å²) in [6.07, 6.45) is -0.593. The molecule has 0 spiro atoms. The lowest BCUT2D eigenvalue weighted by atomic mass is 10.0. The molecule has 3 rings (SSSR count). The first kappa shape index (κ1) is 19.1. The first-order valence-corrected chi connectivity index (χ1v) is 9.41. The van der Waals surface area contributed by atoms with Gasteiger partial charge >= 0.3 is 0 Å². The fraction of sp³-hybridized carbons (Fsp3) is 0.409. The number of hydrogen-bond donors (Lipinski definition) is 1. The van der Waals surface area contributed by atoms with E-state index in [1.165, 1.54) is 0 Å². The number of rotatable bonds is 6. The predicted octanol–water partition coefficient (Wildman–Crippen LogP) is 4.23. The molecule has 0 radical (unpaired) electrons. The van der Waals surface area contributed by atoms with Crippen molar-refractivity contribution in [2.75, 3.05) is 13.2 Å². The topological polar surface area (TPSA) is 56.8 Å². The Morgan fingerprint density at radius 2 is 1.70 bits per heavy atom. The van der Waals surface area contributed by atoms with Gasteiger partial charge < -0.3 is 19.5 Å². The molecule has 0 fully saturated rings. The molecule has 5 nitrogen and oxygen atoms in total.